The van der Waals surface area contributed by atoms with Gasteiger partial charge >= 0.3 is 12.1 Å². The summed E-state index contributed by atoms with van der Waals surface area (Å²) in [4.78, 5) is 54.1. The Morgan fingerprint density at radius 2 is 1.83 bits per heavy atom. The van der Waals surface area contributed by atoms with Gasteiger partial charge in [-0.05, 0) is 55.1 Å². The second-order valence-electron chi connectivity index (χ2n) is 12.5. The highest BCUT2D eigenvalue weighted by Crippen LogP contribution is 2.33. The van der Waals surface area contributed by atoms with Crippen molar-refractivity contribution in [3.63, 3.8) is 0 Å². The maximum atomic E-state index is 13.7. The molecule has 0 spiro atoms. The highest BCUT2D eigenvalue weighted by molar-refractivity contribution is 5.90. The van der Waals surface area contributed by atoms with E-state index in [-0.39, 0.29) is 11.4 Å². The van der Waals surface area contributed by atoms with Crippen LogP contribution in [0.15, 0.2) is 48.3 Å². The van der Waals surface area contributed by atoms with Gasteiger partial charge in [-0.3, -0.25) is 9.59 Å². The van der Waals surface area contributed by atoms with Crippen molar-refractivity contribution >= 4 is 29.0 Å². The van der Waals surface area contributed by atoms with Crippen molar-refractivity contribution in [1.29, 1.82) is 0 Å². The lowest BCUT2D eigenvalue weighted by atomic mass is 9.85. The number of benzene rings is 1. The quantitative estimate of drug-likeness (QED) is 0.230. The number of hydrogen-bond donors (Lipinski definition) is 4. The number of methoxy groups -OCH3 is 1. The largest absolute Gasteiger partial charge is 0.497 e. The fourth-order valence-corrected chi connectivity index (χ4v) is 5.11. The zero-order chi connectivity index (χ0) is 34.8. The van der Waals surface area contributed by atoms with Crippen molar-refractivity contribution in [3.05, 3.63) is 59.6 Å². The first kappa shape index (κ1) is 37.9. The van der Waals surface area contributed by atoms with Crippen molar-refractivity contribution in [1.82, 2.24) is 20.2 Å². The summed E-state index contributed by atoms with van der Waals surface area (Å²) in [6.07, 6.45) is 6.59. The number of carbonyl (C=O) groups is 3. The number of likely N-dealkylation sites (tertiary alicyclic amines) is 1. The van der Waals surface area contributed by atoms with E-state index in [9.17, 15) is 33.1 Å². The number of amides is 2. The summed E-state index contributed by atoms with van der Waals surface area (Å²) in [5.41, 5.74) is -1.72. The molecular weight excluding hydrogens is 602 g/mol. The summed E-state index contributed by atoms with van der Waals surface area (Å²) in [5.74, 6) is -3.37. The average molecular weight is 649 g/mol. The SMILES string of the molecule is C=CCC(F)(F)c1nc2ccc(OC)cc2[nH]c1=O.C=CCC1CC1.CCC1CCN(C(=O)[C@@H](NC(=O)O)C(C)(C)C)C1C(=O)O. The monoisotopic (exact) mass is 648 g/mol. The van der Waals surface area contributed by atoms with Crippen LogP contribution in [0.2, 0.25) is 0 Å². The number of alkyl halides is 2. The van der Waals surface area contributed by atoms with Crippen LogP contribution >= 0.6 is 0 Å². The van der Waals surface area contributed by atoms with Gasteiger partial charge in [0.15, 0.2) is 5.69 Å². The van der Waals surface area contributed by atoms with Crippen molar-refractivity contribution < 1.29 is 38.1 Å². The van der Waals surface area contributed by atoms with E-state index in [2.05, 4.69) is 28.4 Å². The van der Waals surface area contributed by atoms with Crippen LogP contribution in [0.5, 0.6) is 5.75 Å². The van der Waals surface area contributed by atoms with Gasteiger partial charge in [0, 0.05) is 19.0 Å². The first-order valence-corrected chi connectivity index (χ1v) is 15.2. The average Bonchev–Trinajstić information content (AvgIpc) is 3.68. The van der Waals surface area contributed by atoms with Gasteiger partial charge in [0.05, 0.1) is 18.1 Å². The number of aliphatic carboxylic acids is 1. The van der Waals surface area contributed by atoms with E-state index < -0.39 is 59.1 Å². The minimum Gasteiger partial charge on any atom is -0.497 e. The zero-order valence-electron chi connectivity index (χ0n) is 27.1. The summed E-state index contributed by atoms with van der Waals surface area (Å²) in [7, 11) is 1.47. The first-order valence-electron chi connectivity index (χ1n) is 15.2. The summed E-state index contributed by atoms with van der Waals surface area (Å²) in [6.45, 7) is 14.4. The van der Waals surface area contributed by atoms with Crippen LogP contribution in [-0.2, 0) is 15.5 Å². The number of carboxylic acid groups (broad SMARTS) is 2. The fraction of sp³-hybridized carbons (Fsp3) is 0.545. The Kier molecular flexibility index (Phi) is 13.4. The topological polar surface area (TPSA) is 162 Å². The van der Waals surface area contributed by atoms with Gasteiger partial charge in [-0.15, -0.1) is 13.2 Å². The predicted molar refractivity (Wildman–Crippen MR) is 171 cm³/mol. The van der Waals surface area contributed by atoms with Crippen LogP contribution in [0.25, 0.3) is 11.0 Å². The van der Waals surface area contributed by atoms with E-state index in [0.29, 0.717) is 30.7 Å². The summed E-state index contributed by atoms with van der Waals surface area (Å²) in [5, 5.41) is 20.5. The maximum absolute atomic E-state index is 13.7. The molecule has 2 unspecified atom stereocenters. The number of aromatic amines is 1. The van der Waals surface area contributed by atoms with Gasteiger partial charge in [-0.2, -0.15) is 8.78 Å². The lowest BCUT2D eigenvalue weighted by Gasteiger charge is -2.34. The number of H-pyrrole nitrogens is 1. The van der Waals surface area contributed by atoms with Gasteiger partial charge in [-0.25, -0.2) is 14.6 Å². The molecule has 4 N–H and O–H groups in total. The number of carbonyl (C=O) groups excluding carboxylic acids is 1. The second-order valence-corrected chi connectivity index (χ2v) is 12.5. The number of halogens is 2. The van der Waals surface area contributed by atoms with Crippen LogP contribution in [0, 0.1) is 17.3 Å². The standard InChI is InChI=1S/C14H24N2O5.C13H12F2N2O2.C6H10/c1-5-8-6-7-16(9(8)12(18)19)11(17)10(14(2,3)4)15-13(20)21;1-3-6-13(14,15)11-12(18)17-10-7-8(19-2)4-5-9(10)16-11;1-2-3-6-4-5-6/h8-10,15H,5-7H2,1-4H3,(H,18,19)(H,20,21);3-5,7H,1,6H2,2H3,(H,17,18);2,6H,1,3-5H2/t8?,9?,10-;;/m1../s1. The molecule has 13 heteroatoms. The van der Waals surface area contributed by atoms with Crippen LogP contribution in [0.1, 0.15) is 71.9 Å². The minimum atomic E-state index is -3.33. The highest BCUT2D eigenvalue weighted by atomic mass is 19.3. The third kappa shape index (κ3) is 10.4. The molecule has 2 amide bonds. The van der Waals surface area contributed by atoms with E-state index in [1.54, 1.807) is 26.8 Å². The molecule has 1 saturated carbocycles. The third-order valence-corrected chi connectivity index (χ3v) is 7.81. The molecule has 0 bridgehead atoms. The molecular formula is C33H46F2N4O7. The number of fused-ring (bicyclic) bond motifs is 1. The van der Waals surface area contributed by atoms with Crippen molar-refractivity contribution in [3.8, 4) is 5.75 Å². The van der Waals surface area contributed by atoms with Gasteiger partial charge in [0.25, 0.3) is 11.5 Å². The van der Waals surface area contributed by atoms with Gasteiger partial charge in [0.2, 0.25) is 5.91 Å². The Hall–Kier alpha value is -4.29. The molecule has 1 aliphatic carbocycles. The Bertz CT molecular complexity index is 1450. The van der Waals surface area contributed by atoms with Crippen LogP contribution in [-0.4, -0.2) is 68.8 Å². The van der Waals surface area contributed by atoms with Gasteiger partial charge < -0.3 is 30.2 Å². The van der Waals surface area contributed by atoms with E-state index in [1.807, 2.05) is 13.0 Å². The van der Waals surface area contributed by atoms with Crippen LogP contribution < -0.4 is 15.6 Å². The van der Waals surface area contributed by atoms with Crippen molar-refractivity contribution in [2.24, 2.45) is 17.3 Å². The smallest absolute Gasteiger partial charge is 0.405 e. The molecule has 2 aromatic rings. The molecule has 0 radical (unpaired) electrons. The molecule has 2 aliphatic rings. The van der Waals surface area contributed by atoms with E-state index >= 15 is 0 Å². The van der Waals surface area contributed by atoms with Gasteiger partial charge in [0.1, 0.15) is 17.8 Å². The summed E-state index contributed by atoms with van der Waals surface area (Å²) >= 11 is 0. The zero-order valence-corrected chi connectivity index (χ0v) is 27.1. The fourth-order valence-electron chi connectivity index (χ4n) is 5.11. The summed E-state index contributed by atoms with van der Waals surface area (Å²) < 4.78 is 32.4. The molecule has 2 fully saturated rings. The minimum absolute atomic E-state index is 0.0862. The predicted octanol–water partition coefficient (Wildman–Crippen LogP) is 5.95. The molecule has 254 valence electrons. The molecule has 4 rings (SSSR count). The Labute approximate surface area is 267 Å². The Morgan fingerprint density at radius 3 is 2.28 bits per heavy atom. The number of ether oxygens (including phenoxy) is 1. The lowest BCUT2D eigenvalue weighted by molar-refractivity contribution is -0.151. The molecule has 2 heterocycles. The normalized spacial score (nSPS) is 18.3. The van der Waals surface area contributed by atoms with Crippen molar-refractivity contribution in [2.75, 3.05) is 13.7 Å². The van der Waals surface area contributed by atoms with Gasteiger partial charge in [-0.1, -0.05) is 46.3 Å². The number of hydrogen-bond acceptors (Lipinski definition) is 6. The number of carboxylic acids is 1. The molecule has 1 saturated heterocycles. The number of nitrogens with zero attached hydrogens (tertiary/aromatic N) is 2. The number of nitrogens with one attached hydrogen (secondary N) is 2. The molecule has 1 aromatic heterocycles. The number of rotatable bonds is 10. The van der Waals surface area contributed by atoms with Crippen molar-refractivity contribution in [2.45, 2.75) is 84.2 Å². The highest BCUT2D eigenvalue weighted by Gasteiger charge is 2.45. The molecule has 1 aliphatic heterocycles. The molecule has 46 heavy (non-hydrogen) atoms. The van der Waals surface area contributed by atoms with E-state index in [1.165, 1.54) is 43.4 Å². The number of aromatic nitrogens is 2. The Balaban J connectivity index is 0.000000271. The molecule has 3 atom stereocenters. The molecule has 1 aromatic carbocycles. The van der Waals surface area contributed by atoms with Crippen LogP contribution in [0.4, 0.5) is 13.6 Å². The van der Waals surface area contributed by atoms with E-state index in [4.69, 9.17) is 9.84 Å². The number of allylic oxidation sites excluding steroid dienone is 2. The second kappa shape index (κ2) is 16.3. The maximum Gasteiger partial charge on any atom is 0.405 e. The van der Waals surface area contributed by atoms with E-state index in [0.717, 1.165) is 12.0 Å². The third-order valence-electron chi connectivity index (χ3n) is 7.81. The summed E-state index contributed by atoms with van der Waals surface area (Å²) in [6, 6.07) is 2.79. The molecule has 11 nitrogen and oxygen atoms in total. The Morgan fingerprint density at radius 1 is 1.17 bits per heavy atom. The lowest BCUT2D eigenvalue weighted by Crippen LogP contribution is -2.57. The first-order chi connectivity index (χ1) is 21.5. The van der Waals surface area contributed by atoms with Crippen LogP contribution in [0.3, 0.4) is 0 Å².